The SMILES string of the molecule is CCN(CC)C(CNC(=NC)NCc1ccc(C(=O)N(C)C)cc1)Cc1ccccc1. The average Bonchev–Trinajstić information content (AvgIpc) is 2.80. The Kier molecular flexibility index (Phi) is 10.0. The highest BCUT2D eigenvalue weighted by molar-refractivity contribution is 5.93. The molecule has 0 aliphatic rings. The van der Waals surface area contributed by atoms with E-state index in [0.29, 0.717) is 18.2 Å². The quantitative estimate of drug-likeness (QED) is 0.456. The standard InChI is InChI=1S/C25H37N5O/c1-6-30(7-2)23(17-20-11-9-8-10-12-20)19-28-25(26-3)27-18-21-13-15-22(16-14-21)24(31)29(4)5/h8-16,23H,6-7,17-19H2,1-5H3,(H2,26,27,28). The third-order valence-electron chi connectivity index (χ3n) is 5.44. The van der Waals surface area contributed by atoms with Crippen LogP contribution in [0.5, 0.6) is 0 Å². The van der Waals surface area contributed by atoms with Crippen LogP contribution < -0.4 is 10.6 Å². The van der Waals surface area contributed by atoms with Gasteiger partial charge >= 0.3 is 0 Å². The summed E-state index contributed by atoms with van der Waals surface area (Å²) < 4.78 is 0. The predicted octanol–water partition coefficient (Wildman–Crippen LogP) is 3.01. The lowest BCUT2D eigenvalue weighted by Gasteiger charge is -2.30. The molecule has 0 heterocycles. The molecule has 0 aliphatic heterocycles. The zero-order valence-electron chi connectivity index (χ0n) is 19.6. The van der Waals surface area contributed by atoms with Gasteiger partial charge in [-0.05, 0) is 42.8 Å². The topological polar surface area (TPSA) is 60.0 Å². The van der Waals surface area contributed by atoms with Crippen molar-refractivity contribution in [1.29, 1.82) is 0 Å². The van der Waals surface area contributed by atoms with Crippen LogP contribution in [-0.4, -0.2) is 68.5 Å². The number of guanidine groups is 1. The van der Waals surface area contributed by atoms with Crippen LogP contribution in [0.2, 0.25) is 0 Å². The third-order valence-corrected chi connectivity index (χ3v) is 5.44. The largest absolute Gasteiger partial charge is 0.355 e. The van der Waals surface area contributed by atoms with Crippen molar-refractivity contribution in [1.82, 2.24) is 20.4 Å². The minimum absolute atomic E-state index is 0.0119. The van der Waals surface area contributed by atoms with Crippen LogP contribution >= 0.6 is 0 Å². The molecule has 1 unspecified atom stereocenters. The summed E-state index contributed by atoms with van der Waals surface area (Å²) in [6.07, 6.45) is 0.994. The molecule has 1 atom stereocenters. The van der Waals surface area contributed by atoms with Gasteiger partial charge in [-0.1, -0.05) is 56.3 Å². The molecule has 0 aliphatic carbocycles. The Bertz CT molecular complexity index is 814. The van der Waals surface area contributed by atoms with Crippen molar-refractivity contribution in [2.75, 3.05) is 40.8 Å². The molecule has 0 aromatic heterocycles. The first kappa shape index (κ1) is 24.4. The Morgan fingerprint density at radius 2 is 1.58 bits per heavy atom. The van der Waals surface area contributed by atoms with Gasteiger partial charge in [0.2, 0.25) is 0 Å². The highest BCUT2D eigenvalue weighted by Crippen LogP contribution is 2.09. The maximum Gasteiger partial charge on any atom is 0.253 e. The van der Waals surface area contributed by atoms with Crippen molar-refractivity contribution in [2.45, 2.75) is 32.9 Å². The first-order valence-corrected chi connectivity index (χ1v) is 11.0. The number of nitrogens with one attached hydrogen (secondary N) is 2. The number of amides is 1. The van der Waals surface area contributed by atoms with Gasteiger partial charge in [-0.3, -0.25) is 14.7 Å². The number of benzene rings is 2. The number of hydrogen-bond donors (Lipinski definition) is 2. The summed E-state index contributed by atoms with van der Waals surface area (Å²) in [5.74, 6) is 0.788. The molecule has 0 saturated heterocycles. The number of rotatable bonds is 10. The summed E-state index contributed by atoms with van der Waals surface area (Å²) in [6, 6.07) is 18.7. The maximum atomic E-state index is 12.0. The molecular formula is C25H37N5O. The molecule has 0 radical (unpaired) electrons. The molecular weight excluding hydrogens is 386 g/mol. The van der Waals surface area contributed by atoms with Crippen LogP contribution in [0.3, 0.4) is 0 Å². The average molecular weight is 424 g/mol. The molecule has 0 spiro atoms. The Morgan fingerprint density at radius 3 is 2.13 bits per heavy atom. The predicted molar refractivity (Wildman–Crippen MR) is 130 cm³/mol. The van der Waals surface area contributed by atoms with Gasteiger partial charge < -0.3 is 15.5 Å². The lowest BCUT2D eigenvalue weighted by atomic mass is 10.0. The summed E-state index contributed by atoms with van der Waals surface area (Å²) >= 11 is 0. The molecule has 31 heavy (non-hydrogen) atoms. The molecule has 168 valence electrons. The van der Waals surface area contributed by atoms with Crippen LogP contribution in [0.4, 0.5) is 0 Å². The fourth-order valence-corrected chi connectivity index (χ4v) is 3.60. The Balaban J connectivity index is 1.93. The second-order valence-corrected chi connectivity index (χ2v) is 7.77. The van der Waals surface area contributed by atoms with Gasteiger partial charge in [0.15, 0.2) is 5.96 Å². The van der Waals surface area contributed by atoms with E-state index >= 15 is 0 Å². The van der Waals surface area contributed by atoms with Gasteiger partial charge in [0.1, 0.15) is 0 Å². The van der Waals surface area contributed by atoms with Crippen LogP contribution in [0, 0.1) is 0 Å². The monoisotopic (exact) mass is 423 g/mol. The number of hydrogen-bond acceptors (Lipinski definition) is 3. The zero-order valence-corrected chi connectivity index (χ0v) is 19.6. The molecule has 6 heteroatoms. The fraction of sp³-hybridized carbons (Fsp3) is 0.440. The molecule has 2 aromatic carbocycles. The molecule has 1 amide bonds. The van der Waals surface area contributed by atoms with E-state index in [-0.39, 0.29) is 5.91 Å². The molecule has 2 aromatic rings. The van der Waals surface area contributed by atoms with E-state index in [1.54, 1.807) is 26.0 Å². The number of aliphatic imine (C=N–C) groups is 1. The lowest BCUT2D eigenvalue weighted by molar-refractivity contribution is 0.0827. The number of nitrogens with zero attached hydrogens (tertiary/aromatic N) is 3. The molecule has 6 nitrogen and oxygen atoms in total. The van der Waals surface area contributed by atoms with Gasteiger partial charge in [-0.25, -0.2) is 0 Å². The van der Waals surface area contributed by atoms with E-state index in [2.05, 4.69) is 64.7 Å². The van der Waals surface area contributed by atoms with Crippen molar-refractivity contribution in [3.63, 3.8) is 0 Å². The van der Waals surface area contributed by atoms with E-state index in [1.165, 1.54) is 5.56 Å². The van der Waals surface area contributed by atoms with E-state index in [0.717, 1.165) is 37.6 Å². The van der Waals surface area contributed by atoms with E-state index in [4.69, 9.17) is 0 Å². The van der Waals surface area contributed by atoms with Crippen LogP contribution in [-0.2, 0) is 13.0 Å². The zero-order chi connectivity index (χ0) is 22.6. The second-order valence-electron chi connectivity index (χ2n) is 7.77. The van der Waals surface area contributed by atoms with Crippen molar-refractivity contribution >= 4 is 11.9 Å². The minimum Gasteiger partial charge on any atom is -0.355 e. The van der Waals surface area contributed by atoms with Gasteiger partial charge in [0.05, 0.1) is 0 Å². The second kappa shape index (κ2) is 12.7. The molecule has 2 rings (SSSR count). The maximum absolute atomic E-state index is 12.0. The number of carbonyl (C=O) groups excluding carboxylic acids is 1. The van der Waals surface area contributed by atoms with Crippen molar-refractivity contribution in [3.05, 3.63) is 71.3 Å². The molecule has 0 bridgehead atoms. The van der Waals surface area contributed by atoms with Crippen molar-refractivity contribution in [2.24, 2.45) is 4.99 Å². The van der Waals surface area contributed by atoms with E-state index < -0.39 is 0 Å². The van der Waals surface area contributed by atoms with Gasteiger partial charge in [-0.15, -0.1) is 0 Å². The first-order valence-electron chi connectivity index (χ1n) is 11.0. The Morgan fingerprint density at radius 1 is 0.935 bits per heavy atom. The summed E-state index contributed by atoms with van der Waals surface area (Å²) in [6.45, 7) is 7.90. The van der Waals surface area contributed by atoms with Gasteiger partial charge in [-0.2, -0.15) is 0 Å². The Hall–Kier alpha value is -2.86. The van der Waals surface area contributed by atoms with Crippen LogP contribution in [0.15, 0.2) is 59.6 Å². The normalized spacial score (nSPS) is 12.5. The summed E-state index contributed by atoms with van der Waals surface area (Å²) in [7, 11) is 5.31. The summed E-state index contributed by atoms with van der Waals surface area (Å²) in [5, 5.41) is 6.87. The highest BCUT2D eigenvalue weighted by Gasteiger charge is 2.17. The molecule has 0 saturated carbocycles. The van der Waals surface area contributed by atoms with E-state index in [9.17, 15) is 4.79 Å². The van der Waals surface area contributed by atoms with Crippen molar-refractivity contribution < 1.29 is 4.79 Å². The van der Waals surface area contributed by atoms with Crippen molar-refractivity contribution in [3.8, 4) is 0 Å². The van der Waals surface area contributed by atoms with E-state index in [1.807, 2.05) is 24.3 Å². The first-order chi connectivity index (χ1) is 15.0. The number of likely N-dealkylation sites (N-methyl/N-ethyl adjacent to an activating group) is 1. The fourth-order valence-electron chi connectivity index (χ4n) is 3.60. The summed E-state index contributed by atoms with van der Waals surface area (Å²) in [5.41, 5.74) is 3.14. The summed E-state index contributed by atoms with van der Waals surface area (Å²) in [4.78, 5) is 20.5. The molecule has 0 fully saturated rings. The highest BCUT2D eigenvalue weighted by atomic mass is 16.2. The Labute approximate surface area is 187 Å². The van der Waals surface area contributed by atoms with Gasteiger partial charge in [0, 0.05) is 45.8 Å². The van der Waals surface area contributed by atoms with Crippen LogP contribution in [0.25, 0.3) is 0 Å². The van der Waals surface area contributed by atoms with Gasteiger partial charge in [0.25, 0.3) is 5.91 Å². The molecule has 2 N–H and O–H groups in total. The lowest BCUT2D eigenvalue weighted by Crippen LogP contribution is -2.48. The third kappa shape index (κ3) is 7.72. The smallest absolute Gasteiger partial charge is 0.253 e. The minimum atomic E-state index is 0.0119. The number of carbonyl (C=O) groups is 1. The van der Waals surface area contributed by atoms with Crippen LogP contribution in [0.1, 0.15) is 35.3 Å².